The lowest BCUT2D eigenvalue weighted by atomic mass is 10.0. The SMILES string of the molecule is N#CCC(=O)Nc1ccc([N+](=O)[O-])cc1C(=O)c1ccccc1Cl. The van der Waals surface area contributed by atoms with Crippen LogP contribution in [0.5, 0.6) is 0 Å². The van der Waals surface area contributed by atoms with Crippen LogP contribution in [0.2, 0.25) is 5.02 Å². The quantitative estimate of drug-likeness (QED) is 0.508. The number of ketones is 1. The van der Waals surface area contributed by atoms with Crippen LogP contribution in [-0.2, 0) is 4.79 Å². The number of benzene rings is 2. The Kier molecular flexibility index (Phi) is 5.24. The van der Waals surface area contributed by atoms with Gasteiger partial charge in [-0.3, -0.25) is 19.7 Å². The number of amides is 1. The molecule has 24 heavy (non-hydrogen) atoms. The lowest BCUT2D eigenvalue weighted by Crippen LogP contribution is -2.14. The minimum Gasteiger partial charge on any atom is -0.324 e. The summed E-state index contributed by atoms with van der Waals surface area (Å²) in [6.45, 7) is 0. The molecule has 1 amide bonds. The number of halogens is 1. The van der Waals surface area contributed by atoms with Crippen LogP contribution in [-0.4, -0.2) is 16.6 Å². The van der Waals surface area contributed by atoms with Gasteiger partial charge in [0.2, 0.25) is 5.91 Å². The number of hydrogen-bond acceptors (Lipinski definition) is 5. The van der Waals surface area contributed by atoms with Crippen LogP contribution < -0.4 is 5.32 Å². The summed E-state index contributed by atoms with van der Waals surface area (Å²) in [5.74, 6) is -1.20. The summed E-state index contributed by atoms with van der Waals surface area (Å²) in [6.07, 6.45) is -0.406. The maximum absolute atomic E-state index is 12.7. The molecule has 0 atom stereocenters. The van der Waals surface area contributed by atoms with Gasteiger partial charge in [0.25, 0.3) is 5.69 Å². The van der Waals surface area contributed by atoms with Crippen molar-refractivity contribution in [2.75, 3.05) is 5.32 Å². The Morgan fingerprint density at radius 3 is 2.54 bits per heavy atom. The summed E-state index contributed by atoms with van der Waals surface area (Å²) in [4.78, 5) is 34.6. The molecule has 0 aliphatic rings. The first kappa shape index (κ1) is 17.1. The van der Waals surface area contributed by atoms with Crippen molar-refractivity contribution in [2.24, 2.45) is 0 Å². The molecule has 0 radical (unpaired) electrons. The van der Waals surface area contributed by atoms with Crippen LogP contribution in [0.1, 0.15) is 22.3 Å². The number of nitriles is 1. The minimum atomic E-state index is -0.649. The van der Waals surface area contributed by atoms with Gasteiger partial charge in [0, 0.05) is 17.7 Å². The Morgan fingerprint density at radius 2 is 1.92 bits per heavy atom. The molecule has 0 aliphatic carbocycles. The number of nitrogens with zero attached hydrogens (tertiary/aromatic N) is 2. The molecule has 0 fully saturated rings. The van der Waals surface area contributed by atoms with Crippen molar-refractivity contribution >= 4 is 34.7 Å². The van der Waals surface area contributed by atoms with E-state index >= 15 is 0 Å². The van der Waals surface area contributed by atoms with Crippen molar-refractivity contribution in [1.82, 2.24) is 0 Å². The van der Waals surface area contributed by atoms with Gasteiger partial charge in [0.1, 0.15) is 6.42 Å². The number of nitro groups is 1. The highest BCUT2D eigenvalue weighted by Gasteiger charge is 2.21. The average molecular weight is 344 g/mol. The summed E-state index contributed by atoms with van der Waals surface area (Å²) in [6, 6.07) is 11.4. The number of rotatable bonds is 5. The summed E-state index contributed by atoms with van der Waals surface area (Å²) in [5, 5.41) is 22.1. The van der Waals surface area contributed by atoms with Crippen molar-refractivity contribution in [2.45, 2.75) is 6.42 Å². The molecule has 0 saturated heterocycles. The van der Waals surface area contributed by atoms with Crippen molar-refractivity contribution < 1.29 is 14.5 Å². The molecule has 0 heterocycles. The predicted octanol–water partition coefficient (Wildman–Crippen LogP) is 3.33. The van der Waals surface area contributed by atoms with Gasteiger partial charge in [-0.05, 0) is 18.2 Å². The molecule has 0 saturated carbocycles. The average Bonchev–Trinajstić information content (AvgIpc) is 2.55. The number of hydrogen-bond donors (Lipinski definition) is 1. The lowest BCUT2D eigenvalue weighted by molar-refractivity contribution is -0.384. The van der Waals surface area contributed by atoms with Crippen LogP contribution >= 0.6 is 11.6 Å². The predicted molar refractivity (Wildman–Crippen MR) is 86.8 cm³/mol. The van der Waals surface area contributed by atoms with Gasteiger partial charge in [-0.2, -0.15) is 5.26 Å². The largest absolute Gasteiger partial charge is 0.324 e. The van der Waals surface area contributed by atoms with Gasteiger partial charge < -0.3 is 5.32 Å². The smallest absolute Gasteiger partial charge is 0.270 e. The van der Waals surface area contributed by atoms with Crippen molar-refractivity contribution in [1.29, 1.82) is 5.26 Å². The van der Waals surface area contributed by atoms with E-state index in [2.05, 4.69) is 5.32 Å². The van der Waals surface area contributed by atoms with Crippen LogP contribution in [0.4, 0.5) is 11.4 Å². The second kappa shape index (κ2) is 7.35. The summed E-state index contributed by atoms with van der Waals surface area (Å²) in [5.41, 5.74) is -0.159. The molecule has 8 heteroatoms. The molecule has 0 aromatic heterocycles. The minimum absolute atomic E-state index is 0.0748. The van der Waals surface area contributed by atoms with E-state index in [0.717, 1.165) is 12.1 Å². The Labute approximate surface area is 141 Å². The summed E-state index contributed by atoms with van der Waals surface area (Å²) in [7, 11) is 0. The molecule has 0 bridgehead atoms. The second-order valence-electron chi connectivity index (χ2n) is 4.68. The van der Waals surface area contributed by atoms with Gasteiger partial charge in [0.05, 0.1) is 27.3 Å². The summed E-state index contributed by atoms with van der Waals surface area (Å²) >= 11 is 5.99. The fourth-order valence-corrected chi connectivity index (χ4v) is 2.22. The van der Waals surface area contributed by atoms with Crippen LogP contribution in [0.3, 0.4) is 0 Å². The second-order valence-corrected chi connectivity index (χ2v) is 5.09. The van der Waals surface area contributed by atoms with Gasteiger partial charge in [-0.15, -0.1) is 0 Å². The van der Waals surface area contributed by atoms with Crippen LogP contribution in [0, 0.1) is 21.4 Å². The third kappa shape index (κ3) is 3.74. The van der Waals surface area contributed by atoms with Gasteiger partial charge in [0.15, 0.2) is 5.78 Å². The molecular formula is C16H10ClN3O4. The zero-order chi connectivity index (χ0) is 17.7. The van der Waals surface area contributed by atoms with Crippen molar-refractivity contribution in [3.63, 3.8) is 0 Å². The normalized spacial score (nSPS) is 9.83. The zero-order valence-corrected chi connectivity index (χ0v) is 12.9. The van der Waals surface area contributed by atoms with Crippen molar-refractivity contribution in [3.8, 4) is 6.07 Å². The van der Waals surface area contributed by atoms with Gasteiger partial charge in [-0.25, -0.2) is 0 Å². The highest BCUT2D eigenvalue weighted by atomic mass is 35.5. The van der Waals surface area contributed by atoms with Crippen LogP contribution in [0.15, 0.2) is 42.5 Å². The molecule has 2 aromatic carbocycles. The van der Waals surface area contributed by atoms with E-state index in [1.807, 2.05) is 0 Å². The topological polar surface area (TPSA) is 113 Å². The lowest BCUT2D eigenvalue weighted by Gasteiger charge is -2.10. The zero-order valence-electron chi connectivity index (χ0n) is 12.2. The number of carbonyl (C=O) groups is 2. The molecule has 120 valence electrons. The number of non-ortho nitro benzene ring substituents is 1. The Hall–Kier alpha value is -3.24. The Bertz CT molecular complexity index is 874. The molecule has 2 aromatic rings. The summed E-state index contributed by atoms with van der Waals surface area (Å²) < 4.78 is 0. The van der Waals surface area contributed by atoms with E-state index in [-0.39, 0.29) is 27.5 Å². The van der Waals surface area contributed by atoms with E-state index in [0.29, 0.717) is 0 Å². The maximum Gasteiger partial charge on any atom is 0.270 e. The van der Waals surface area contributed by atoms with Crippen molar-refractivity contribution in [3.05, 3.63) is 68.7 Å². The Morgan fingerprint density at radius 1 is 1.21 bits per heavy atom. The molecule has 7 nitrogen and oxygen atoms in total. The van der Waals surface area contributed by atoms with E-state index in [1.165, 1.54) is 18.2 Å². The van der Waals surface area contributed by atoms with E-state index < -0.39 is 23.0 Å². The maximum atomic E-state index is 12.7. The first-order valence-electron chi connectivity index (χ1n) is 6.68. The third-order valence-electron chi connectivity index (χ3n) is 3.09. The van der Waals surface area contributed by atoms with Gasteiger partial charge in [-0.1, -0.05) is 23.7 Å². The fraction of sp³-hybridized carbons (Fsp3) is 0.0625. The number of carbonyl (C=O) groups excluding carboxylic acids is 2. The highest BCUT2D eigenvalue weighted by molar-refractivity contribution is 6.35. The molecule has 2 rings (SSSR count). The highest BCUT2D eigenvalue weighted by Crippen LogP contribution is 2.27. The molecule has 1 N–H and O–H groups in total. The number of nitrogens with one attached hydrogen (secondary N) is 1. The van der Waals surface area contributed by atoms with Crippen LogP contribution in [0.25, 0.3) is 0 Å². The van der Waals surface area contributed by atoms with E-state index in [1.54, 1.807) is 18.2 Å². The van der Waals surface area contributed by atoms with E-state index in [4.69, 9.17) is 16.9 Å². The molecule has 0 aliphatic heterocycles. The molecular weight excluding hydrogens is 334 g/mol. The molecule has 0 unspecified atom stereocenters. The fourth-order valence-electron chi connectivity index (χ4n) is 2.00. The first-order chi connectivity index (χ1) is 11.4. The van der Waals surface area contributed by atoms with Gasteiger partial charge >= 0.3 is 0 Å². The third-order valence-corrected chi connectivity index (χ3v) is 3.42. The van der Waals surface area contributed by atoms with E-state index in [9.17, 15) is 19.7 Å². The standard InChI is InChI=1S/C16H10ClN3O4/c17-13-4-2-1-3-11(13)16(22)12-9-10(20(23)24)5-6-14(12)19-15(21)7-8-18/h1-6,9H,7H2,(H,19,21). The Balaban J connectivity index is 2.52. The molecule has 0 spiro atoms. The number of nitro benzene ring substituents is 1. The first-order valence-corrected chi connectivity index (χ1v) is 7.06. The number of anilines is 1. The monoisotopic (exact) mass is 343 g/mol.